The highest BCUT2D eigenvalue weighted by atomic mass is 79.9. The molecule has 6 heteroatoms. The van der Waals surface area contributed by atoms with Crippen LogP contribution in [-0.2, 0) is 0 Å². The van der Waals surface area contributed by atoms with Gasteiger partial charge < -0.3 is 10.2 Å². The summed E-state index contributed by atoms with van der Waals surface area (Å²) in [5, 5.41) is 19.5. The van der Waals surface area contributed by atoms with Crippen molar-refractivity contribution < 1.29 is 10.2 Å². The number of phenols is 2. The summed E-state index contributed by atoms with van der Waals surface area (Å²) in [6, 6.07) is 6.85. The minimum absolute atomic E-state index is 0.227. The maximum atomic E-state index is 9.74. The zero-order valence-electron chi connectivity index (χ0n) is 10.8. The first kappa shape index (κ1) is 16.1. The highest BCUT2D eigenvalue weighted by molar-refractivity contribution is 9.11. The molecule has 0 atom stereocenters. The van der Waals surface area contributed by atoms with Gasteiger partial charge in [-0.05, 0) is 68.6 Å². The molecule has 0 aliphatic carbocycles. The van der Waals surface area contributed by atoms with Crippen LogP contribution in [0.5, 0.6) is 11.5 Å². The van der Waals surface area contributed by atoms with Crippen molar-refractivity contribution in [1.82, 2.24) is 0 Å². The number of benzene rings is 2. The molecule has 2 N–H and O–H groups in total. The molecule has 0 fully saturated rings. The Bertz CT molecular complexity index is 603. The first-order chi connectivity index (χ1) is 9.47. The van der Waals surface area contributed by atoms with E-state index in [2.05, 4.69) is 31.9 Å². The van der Waals surface area contributed by atoms with Gasteiger partial charge in [0.1, 0.15) is 11.5 Å². The number of halogens is 2. The number of rotatable bonds is 3. The lowest BCUT2D eigenvalue weighted by Gasteiger charge is -2.16. The molecule has 2 rings (SSSR count). The largest absolute Gasteiger partial charge is 0.508 e. The first-order valence-electron chi connectivity index (χ1n) is 5.61. The van der Waals surface area contributed by atoms with E-state index < -0.39 is 0 Å². The summed E-state index contributed by atoms with van der Waals surface area (Å²) in [6.45, 7) is 0. The van der Waals surface area contributed by atoms with Crippen LogP contribution >= 0.6 is 55.4 Å². The first-order valence-corrected chi connectivity index (χ1v) is 9.64. The Morgan fingerprint density at radius 1 is 0.750 bits per heavy atom. The number of phenolic OH excluding ortho intramolecular Hbond substituents is 2. The van der Waals surface area contributed by atoms with Gasteiger partial charge in [0, 0.05) is 29.9 Å². The van der Waals surface area contributed by atoms with Crippen molar-refractivity contribution >= 4 is 55.4 Å². The Morgan fingerprint density at radius 2 is 1.10 bits per heavy atom. The number of hydrogen-bond donors (Lipinski definition) is 2. The third kappa shape index (κ3) is 3.13. The van der Waals surface area contributed by atoms with E-state index in [0.29, 0.717) is 0 Å². The van der Waals surface area contributed by atoms with Crippen LogP contribution in [0.3, 0.4) is 0 Å². The van der Waals surface area contributed by atoms with Gasteiger partial charge in [0.15, 0.2) is 0 Å². The lowest BCUT2D eigenvalue weighted by atomic mass is 10.0. The second-order valence-corrected chi connectivity index (χ2v) is 7.41. The Hall–Kier alpha value is -0.300. The average Bonchev–Trinajstić information content (AvgIpc) is 2.38. The Balaban J connectivity index is 2.81. The third-order valence-corrected chi connectivity index (χ3v) is 5.54. The average molecular weight is 436 g/mol. The molecule has 20 heavy (non-hydrogen) atoms. The molecule has 2 aromatic carbocycles. The van der Waals surface area contributed by atoms with Crippen molar-refractivity contribution in [2.24, 2.45) is 0 Å². The molecule has 2 aromatic rings. The Morgan fingerprint density at radius 3 is 1.40 bits per heavy atom. The molecule has 0 saturated heterocycles. The maximum absolute atomic E-state index is 9.74. The van der Waals surface area contributed by atoms with Crippen LogP contribution in [0, 0.1) is 0 Å². The third-order valence-electron chi connectivity index (χ3n) is 2.77. The van der Waals surface area contributed by atoms with Crippen LogP contribution in [0.25, 0.3) is 11.1 Å². The highest BCUT2D eigenvalue weighted by Gasteiger charge is 2.18. The smallest absolute Gasteiger partial charge is 0.117 e. The molecule has 0 radical (unpaired) electrons. The van der Waals surface area contributed by atoms with E-state index in [1.807, 2.05) is 12.5 Å². The summed E-state index contributed by atoms with van der Waals surface area (Å²) >= 11 is 10.2. The van der Waals surface area contributed by atoms with Gasteiger partial charge in [0.2, 0.25) is 0 Å². The minimum Gasteiger partial charge on any atom is -0.508 e. The van der Waals surface area contributed by atoms with Crippen molar-refractivity contribution in [1.29, 1.82) is 0 Å². The summed E-state index contributed by atoms with van der Waals surface area (Å²) in [7, 11) is 0. The molecular formula is C14H12Br2O2S2. The number of hydrogen-bond acceptors (Lipinski definition) is 4. The van der Waals surface area contributed by atoms with Crippen LogP contribution in [0.15, 0.2) is 43.0 Å². The molecular weight excluding hydrogens is 424 g/mol. The number of thioether (sulfide) groups is 2. The van der Waals surface area contributed by atoms with Crippen LogP contribution in [-0.4, -0.2) is 22.7 Å². The van der Waals surface area contributed by atoms with E-state index in [-0.39, 0.29) is 11.5 Å². The van der Waals surface area contributed by atoms with Gasteiger partial charge in [0.05, 0.1) is 0 Å². The van der Waals surface area contributed by atoms with Crippen LogP contribution in [0.2, 0.25) is 0 Å². The van der Waals surface area contributed by atoms with E-state index in [1.54, 1.807) is 47.8 Å². The molecule has 106 valence electrons. The lowest BCUT2D eigenvalue weighted by molar-refractivity contribution is 0.472. The highest BCUT2D eigenvalue weighted by Crippen LogP contribution is 2.46. The maximum Gasteiger partial charge on any atom is 0.117 e. The molecule has 0 amide bonds. The normalized spacial score (nSPS) is 10.8. The summed E-state index contributed by atoms with van der Waals surface area (Å²) in [4.78, 5) is 1.94. The predicted molar refractivity (Wildman–Crippen MR) is 94.2 cm³/mol. The van der Waals surface area contributed by atoms with Gasteiger partial charge in [-0.1, -0.05) is 0 Å². The van der Waals surface area contributed by atoms with Crippen molar-refractivity contribution in [3.8, 4) is 22.6 Å². The molecule has 0 saturated carbocycles. The van der Waals surface area contributed by atoms with Crippen LogP contribution in [0.1, 0.15) is 0 Å². The van der Waals surface area contributed by atoms with E-state index in [0.717, 1.165) is 29.9 Å². The summed E-state index contributed by atoms with van der Waals surface area (Å²) in [6.07, 6.45) is 3.94. The number of aromatic hydroxyl groups is 2. The topological polar surface area (TPSA) is 40.5 Å². The quantitative estimate of drug-likeness (QED) is 0.603. The molecule has 2 nitrogen and oxygen atoms in total. The molecule has 0 heterocycles. The predicted octanol–water partition coefficient (Wildman–Crippen LogP) is 5.73. The van der Waals surface area contributed by atoms with Crippen LogP contribution in [0.4, 0.5) is 0 Å². The monoisotopic (exact) mass is 434 g/mol. The molecule has 0 aromatic heterocycles. The van der Waals surface area contributed by atoms with Crippen LogP contribution < -0.4 is 0 Å². The Kier molecular flexibility index (Phi) is 5.34. The van der Waals surface area contributed by atoms with E-state index >= 15 is 0 Å². The van der Waals surface area contributed by atoms with Gasteiger partial charge in [0.25, 0.3) is 0 Å². The fraction of sp³-hybridized carbons (Fsp3) is 0.143. The van der Waals surface area contributed by atoms with Crippen molar-refractivity contribution in [2.45, 2.75) is 9.79 Å². The zero-order chi connectivity index (χ0) is 14.9. The zero-order valence-corrected chi connectivity index (χ0v) is 15.6. The molecule has 0 spiro atoms. The van der Waals surface area contributed by atoms with E-state index in [4.69, 9.17) is 0 Å². The minimum atomic E-state index is 0.227. The van der Waals surface area contributed by atoms with E-state index in [1.165, 1.54) is 0 Å². The summed E-state index contributed by atoms with van der Waals surface area (Å²) in [5.74, 6) is 0.455. The fourth-order valence-corrected chi connectivity index (χ4v) is 4.81. The Labute approximate surface area is 143 Å². The lowest BCUT2D eigenvalue weighted by Crippen LogP contribution is -1.89. The second kappa shape index (κ2) is 6.64. The van der Waals surface area contributed by atoms with Gasteiger partial charge in [-0.2, -0.15) is 0 Å². The molecule has 0 unspecified atom stereocenters. The molecule has 0 aliphatic heterocycles. The summed E-state index contributed by atoms with van der Waals surface area (Å²) < 4.78 is 1.65. The van der Waals surface area contributed by atoms with Gasteiger partial charge >= 0.3 is 0 Å². The SMILES string of the molecule is CSc1cc(O)cc(Br)c1-c1c(Br)cc(O)cc1SC. The van der Waals surface area contributed by atoms with Gasteiger partial charge in [-0.25, -0.2) is 0 Å². The van der Waals surface area contributed by atoms with Gasteiger partial charge in [-0.3, -0.25) is 0 Å². The van der Waals surface area contributed by atoms with E-state index in [9.17, 15) is 10.2 Å². The van der Waals surface area contributed by atoms with Gasteiger partial charge in [-0.15, -0.1) is 23.5 Å². The standard InChI is InChI=1S/C14H12Br2O2S2/c1-19-11-5-7(17)3-9(15)13(11)14-10(16)4-8(18)6-12(14)20-2/h3-6,17-18H,1-2H3. The second-order valence-electron chi connectivity index (χ2n) is 4.01. The molecule has 0 bridgehead atoms. The molecule has 0 aliphatic rings. The van der Waals surface area contributed by atoms with Crippen molar-refractivity contribution in [3.63, 3.8) is 0 Å². The summed E-state index contributed by atoms with van der Waals surface area (Å²) in [5.41, 5.74) is 2.01. The van der Waals surface area contributed by atoms with Crippen molar-refractivity contribution in [2.75, 3.05) is 12.5 Å². The fourth-order valence-electron chi connectivity index (χ4n) is 1.94. The van der Waals surface area contributed by atoms with Crippen molar-refractivity contribution in [3.05, 3.63) is 33.2 Å².